The molecule has 0 aromatic heterocycles. The highest BCUT2D eigenvalue weighted by molar-refractivity contribution is 5.97. The standard InChI is InChI=1S/C38H38O10/c1-4-36(39)44-23-6-5-21-42-32-14-11-28(12-15-32)37(40)47-35-16-13-29-25-31(10-9-30(29)26-35)38(41)46-34-19-17-33(18-20-34)43-22-7-8-24-45-48-27(2)3/h4,9-20,25-26H,1-2,5-8,21-24H2,3H3. The summed E-state index contributed by atoms with van der Waals surface area (Å²) in [7, 11) is 0. The van der Waals surface area contributed by atoms with Gasteiger partial charge in [-0.15, -0.1) is 0 Å². The Morgan fingerprint density at radius 1 is 0.604 bits per heavy atom. The second kappa shape index (κ2) is 18.5. The number of esters is 3. The lowest BCUT2D eigenvalue weighted by molar-refractivity contribution is -0.261. The van der Waals surface area contributed by atoms with Crippen molar-refractivity contribution in [3.63, 3.8) is 0 Å². The Labute approximate surface area is 279 Å². The lowest BCUT2D eigenvalue weighted by Gasteiger charge is -2.09. The maximum absolute atomic E-state index is 12.8. The molecule has 0 N–H and O–H groups in total. The largest absolute Gasteiger partial charge is 0.494 e. The second-order valence-corrected chi connectivity index (χ2v) is 10.6. The van der Waals surface area contributed by atoms with E-state index in [1.807, 2.05) is 0 Å². The molecular weight excluding hydrogens is 616 g/mol. The van der Waals surface area contributed by atoms with Crippen LogP contribution in [0.5, 0.6) is 23.0 Å². The number of benzene rings is 4. The number of carbonyl (C=O) groups excluding carboxylic acids is 3. The normalized spacial score (nSPS) is 10.5. The molecule has 0 radical (unpaired) electrons. The molecule has 0 atom stereocenters. The summed E-state index contributed by atoms with van der Waals surface area (Å²) in [5, 5.41) is 1.57. The van der Waals surface area contributed by atoms with Crippen LogP contribution in [0.4, 0.5) is 0 Å². The molecule has 4 aromatic rings. The van der Waals surface area contributed by atoms with Crippen molar-refractivity contribution in [3.8, 4) is 23.0 Å². The maximum Gasteiger partial charge on any atom is 0.343 e. The Morgan fingerprint density at radius 2 is 1.10 bits per heavy atom. The maximum atomic E-state index is 12.8. The van der Waals surface area contributed by atoms with E-state index >= 15 is 0 Å². The van der Waals surface area contributed by atoms with E-state index in [2.05, 4.69) is 13.2 Å². The van der Waals surface area contributed by atoms with E-state index in [4.69, 9.17) is 33.5 Å². The van der Waals surface area contributed by atoms with E-state index in [0.717, 1.165) is 29.7 Å². The van der Waals surface area contributed by atoms with Gasteiger partial charge in [0.2, 0.25) is 0 Å². The van der Waals surface area contributed by atoms with Crippen molar-refractivity contribution in [2.75, 3.05) is 26.4 Å². The molecule has 4 aromatic carbocycles. The third-order valence-electron chi connectivity index (χ3n) is 6.69. The van der Waals surface area contributed by atoms with Crippen molar-refractivity contribution in [2.45, 2.75) is 32.6 Å². The van der Waals surface area contributed by atoms with Gasteiger partial charge >= 0.3 is 17.9 Å². The SMILES string of the molecule is C=CC(=O)OCCCCOc1ccc(C(=O)Oc2ccc3cc(C(=O)Oc4ccc(OCCCCOOC(=C)C)cc4)ccc3c2)cc1. The fraction of sp³-hybridized carbons (Fsp3) is 0.237. The summed E-state index contributed by atoms with van der Waals surface area (Å²) in [5.41, 5.74) is 0.746. The number of ether oxygens (including phenoxy) is 5. The molecule has 10 nitrogen and oxygen atoms in total. The van der Waals surface area contributed by atoms with Crippen LogP contribution in [0.15, 0.2) is 110 Å². The highest BCUT2D eigenvalue weighted by Gasteiger charge is 2.13. The predicted octanol–water partition coefficient (Wildman–Crippen LogP) is 7.81. The van der Waals surface area contributed by atoms with E-state index in [9.17, 15) is 14.4 Å². The van der Waals surface area contributed by atoms with Gasteiger partial charge in [0, 0.05) is 6.08 Å². The molecule has 0 aliphatic rings. The average Bonchev–Trinajstić information content (AvgIpc) is 3.09. The van der Waals surface area contributed by atoms with Gasteiger partial charge in [0.15, 0.2) is 0 Å². The number of rotatable bonds is 19. The van der Waals surface area contributed by atoms with Crippen LogP contribution in [0.2, 0.25) is 0 Å². The lowest BCUT2D eigenvalue weighted by Crippen LogP contribution is -2.09. The van der Waals surface area contributed by atoms with Gasteiger partial charge in [-0.25, -0.2) is 14.4 Å². The van der Waals surface area contributed by atoms with Gasteiger partial charge in [0.25, 0.3) is 0 Å². The molecule has 0 heterocycles. The Kier molecular flexibility index (Phi) is 13.6. The van der Waals surface area contributed by atoms with Crippen molar-refractivity contribution in [1.29, 1.82) is 0 Å². The number of fused-ring (bicyclic) bond motifs is 1. The quantitative estimate of drug-likeness (QED) is 0.0189. The van der Waals surface area contributed by atoms with E-state index in [0.29, 0.717) is 79.2 Å². The van der Waals surface area contributed by atoms with E-state index in [1.165, 1.54) is 0 Å². The van der Waals surface area contributed by atoms with E-state index < -0.39 is 17.9 Å². The molecule has 0 unspecified atom stereocenters. The molecule has 0 bridgehead atoms. The Hall–Kier alpha value is -5.61. The first-order chi connectivity index (χ1) is 23.3. The number of carbonyl (C=O) groups is 3. The van der Waals surface area contributed by atoms with Crippen molar-refractivity contribution >= 4 is 28.7 Å². The van der Waals surface area contributed by atoms with E-state index in [-0.39, 0.29) is 0 Å². The zero-order valence-electron chi connectivity index (χ0n) is 26.8. The van der Waals surface area contributed by atoms with Crippen LogP contribution in [0.25, 0.3) is 10.8 Å². The monoisotopic (exact) mass is 654 g/mol. The molecule has 0 saturated heterocycles. The minimum atomic E-state index is -0.513. The van der Waals surface area contributed by atoms with Crippen LogP contribution < -0.4 is 18.9 Å². The van der Waals surface area contributed by atoms with Crippen LogP contribution in [0, 0.1) is 0 Å². The van der Waals surface area contributed by atoms with Gasteiger partial charge in [0.1, 0.15) is 28.8 Å². The van der Waals surface area contributed by atoms with Gasteiger partial charge in [-0.1, -0.05) is 25.3 Å². The highest BCUT2D eigenvalue weighted by atomic mass is 17.2. The van der Waals surface area contributed by atoms with Gasteiger partial charge in [-0.2, -0.15) is 4.89 Å². The van der Waals surface area contributed by atoms with Crippen molar-refractivity contribution < 1.29 is 47.8 Å². The first-order valence-electron chi connectivity index (χ1n) is 15.5. The third-order valence-corrected chi connectivity index (χ3v) is 6.69. The molecule has 0 amide bonds. The highest BCUT2D eigenvalue weighted by Crippen LogP contribution is 2.25. The average molecular weight is 655 g/mol. The molecule has 48 heavy (non-hydrogen) atoms. The van der Waals surface area contributed by atoms with Crippen LogP contribution in [-0.2, 0) is 19.3 Å². The van der Waals surface area contributed by atoms with Crippen molar-refractivity contribution in [1.82, 2.24) is 0 Å². The summed E-state index contributed by atoms with van der Waals surface area (Å²) < 4.78 is 27.4. The Balaban J connectivity index is 1.21. The lowest BCUT2D eigenvalue weighted by atomic mass is 10.1. The minimum Gasteiger partial charge on any atom is -0.494 e. The molecule has 10 heteroatoms. The van der Waals surface area contributed by atoms with Crippen molar-refractivity contribution in [2.24, 2.45) is 0 Å². The van der Waals surface area contributed by atoms with Crippen LogP contribution in [0.1, 0.15) is 53.3 Å². The van der Waals surface area contributed by atoms with Crippen LogP contribution in [-0.4, -0.2) is 44.3 Å². The first kappa shape index (κ1) is 35.2. The molecule has 0 aliphatic carbocycles. The fourth-order valence-electron chi connectivity index (χ4n) is 4.26. The molecule has 0 saturated carbocycles. The number of hydrogen-bond acceptors (Lipinski definition) is 10. The molecule has 4 rings (SSSR count). The van der Waals surface area contributed by atoms with Crippen molar-refractivity contribution in [3.05, 3.63) is 121 Å². The minimum absolute atomic E-state index is 0.306. The summed E-state index contributed by atoms with van der Waals surface area (Å²) in [4.78, 5) is 46.4. The van der Waals surface area contributed by atoms with Gasteiger partial charge in [-0.05, 0) is 116 Å². The molecule has 0 aliphatic heterocycles. The summed E-state index contributed by atoms with van der Waals surface area (Å²) in [6.07, 6.45) is 4.05. The number of allylic oxidation sites excluding steroid dienone is 1. The Bertz CT molecular complexity index is 1690. The molecular formula is C38H38O10. The molecule has 250 valence electrons. The first-order valence-corrected chi connectivity index (χ1v) is 15.5. The zero-order chi connectivity index (χ0) is 34.1. The summed E-state index contributed by atoms with van der Waals surface area (Å²) in [5.74, 6) is 1.08. The summed E-state index contributed by atoms with van der Waals surface area (Å²) >= 11 is 0. The summed E-state index contributed by atoms with van der Waals surface area (Å²) in [6, 6.07) is 23.8. The van der Waals surface area contributed by atoms with Gasteiger partial charge in [0.05, 0.1) is 37.6 Å². The zero-order valence-corrected chi connectivity index (χ0v) is 26.8. The van der Waals surface area contributed by atoms with Gasteiger partial charge in [-0.3, -0.25) is 0 Å². The Morgan fingerprint density at radius 3 is 1.77 bits per heavy atom. The van der Waals surface area contributed by atoms with Crippen LogP contribution >= 0.6 is 0 Å². The van der Waals surface area contributed by atoms with Gasteiger partial charge < -0.3 is 28.6 Å². The smallest absolute Gasteiger partial charge is 0.343 e. The molecule has 0 spiro atoms. The predicted molar refractivity (Wildman–Crippen MR) is 179 cm³/mol. The topological polar surface area (TPSA) is 116 Å². The number of unbranched alkanes of at least 4 members (excludes halogenated alkanes) is 2. The fourth-order valence-corrected chi connectivity index (χ4v) is 4.26. The van der Waals surface area contributed by atoms with Crippen LogP contribution in [0.3, 0.4) is 0 Å². The number of hydrogen-bond donors (Lipinski definition) is 0. The third kappa shape index (κ3) is 11.6. The molecule has 0 fully saturated rings. The summed E-state index contributed by atoms with van der Waals surface area (Å²) in [6.45, 7) is 10.4. The second-order valence-electron chi connectivity index (χ2n) is 10.6. The van der Waals surface area contributed by atoms with E-state index in [1.54, 1.807) is 91.9 Å².